The van der Waals surface area contributed by atoms with Gasteiger partial charge in [0.05, 0.1) is 73.3 Å². The molecule has 5 aromatic heterocycles. The summed E-state index contributed by atoms with van der Waals surface area (Å²) in [6, 6.07) is 87.9. The summed E-state index contributed by atoms with van der Waals surface area (Å²) >= 11 is 0. The zero-order valence-electron chi connectivity index (χ0n) is 41.2. The molecule has 2 atom stereocenters. The number of aromatic nitrogens is 5. The summed E-state index contributed by atoms with van der Waals surface area (Å²) in [5, 5.41) is 7.30. The van der Waals surface area contributed by atoms with E-state index in [1.54, 1.807) is 0 Å². The molecule has 0 saturated heterocycles. The van der Waals surface area contributed by atoms with Crippen molar-refractivity contribution in [3.05, 3.63) is 273 Å². The quantitative estimate of drug-likeness (QED) is 0.160. The van der Waals surface area contributed by atoms with E-state index in [0.717, 1.165) is 89.8 Å². The molecule has 0 radical (unpaired) electrons. The second-order valence-electron chi connectivity index (χ2n) is 20.0. The molecule has 6 nitrogen and oxygen atoms in total. The van der Waals surface area contributed by atoms with Crippen LogP contribution in [-0.2, 0) is 0 Å². The molecule has 6 heteroatoms. The minimum atomic E-state index is 0.154. The third-order valence-electron chi connectivity index (χ3n) is 16.0. The largest absolute Gasteiger partial charge is 0.333 e. The summed E-state index contributed by atoms with van der Waals surface area (Å²) < 4.78 is 7.22. The van der Waals surface area contributed by atoms with Crippen LogP contribution in [0, 0.1) is 0 Å². The normalized spacial score (nSPS) is 15.0. The molecule has 2 aliphatic rings. The molecule has 1 aliphatic carbocycles. The number of anilines is 2. The number of nitrogens with zero attached hydrogens (tertiary/aromatic N) is 6. The van der Waals surface area contributed by atoms with Crippen molar-refractivity contribution in [2.45, 2.75) is 12.0 Å². The van der Waals surface area contributed by atoms with Gasteiger partial charge in [-0.15, -0.1) is 0 Å². The predicted octanol–water partition coefficient (Wildman–Crippen LogP) is 17.5. The standard InChI is InChI=1S/C70H46N6/c1-9-31-61-47(19-1)48-20-2-10-32-62(48)73(61)45-39-41-69(75-65-35-13-5-23-51(65)52-24-6-14-36-66(52)75)55(43-45)57-27-17-29-59(71-57)60-30-18-28-58(72-60)56-44-46(74-63-33-11-3-21-49(63)50-22-4-12-34-64(50)74)40-42-70(56)76-67-37-15-7-25-53(67)54-26-8-16-38-68(54)76/h1-44,47,61H. The fourth-order valence-electron chi connectivity index (χ4n) is 12.7. The van der Waals surface area contributed by atoms with Gasteiger partial charge >= 0.3 is 0 Å². The van der Waals surface area contributed by atoms with Gasteiger partial charge in [0, 0.05) is 66.4 Å². The van der Waals surface area contributed by atoms with Crippen molar-refractivity contribution in [1.82, 2.24) is 23.7 Å². The summed E-state index contributed by atoms with van der Waals surface area (Å²) in [5.41, 5.74) is 19.1. The van der Waals surface area contributed by atoms with E-state index in [-0.39, 0.29) is 12.0 Å². The van der Waals surface area contributed by atoms with Crippen LogP contribution < -0.4 is 4.90 Å². The SMILES string of the molecule is C1=CC2c3ccccc3N(c3ccc(-n4c5ccccc5c5ccccc54)c(-c4cccc(-c5cccc(-c6cc(-n7c8ccccc8c8ccccc87)ccc6-n6c7ccccc7c7ccccc76)n5)n4)c3)C2C=C1. The Morgan fingerprint density at radius 1 is 0.289 bits per heavy atom. The molecule has 14 aromatic rings. The Hall–Kier alpha value is -10.0. The molecule has 16 rings (SSSR count). The van der Waals surface area contributed by atoms with Gasteiger partial charge in [-0.05, 0) is 109 Å². The predicted molar refractivity (Wildman–Crippen MR) is 315 cm³/mol. The molecular weight excluding hydrogens is 925 g/mol. The van der Waals surface area contributed by atoms with E-state index in [1.165, 1.54) is 43.6 Å². The lowest BCUT2D eigenvalue weighted by atomic mass is 9.91. The van der Waals surface area contributed by atoms with E-state index in [2.05, 4.69) is 286 Å². The number of hydrogen-bond acceptors (Lipinski definition) is 3. The van der Waals surface area contributed by atoms with Crippen LogP contribution in [-0.4, -0.2) is 29.7 Å². The van der Waals surface area contributed by atoms with Crippen molar-refractivity contribution in [3.8, 4) is 51.0 Å². The summed E-state index contributed by atoms with van der Waals surface area (Å²) in [4.78, 5) is 13.8. The van der Waals surface area contributed by atoms with Crippen molar-refractivity contribution in [2.75, 3.05) is 4.90 Å². The van der Waals surface area contributed by atoms with E-state index in [9.17, 15) is 0 Å². The number of rotatable bonds is 7. The molecule has 0 N–H and O–H groups in total. The van der Waals surface area contributed by atoms with E-state index in [1.807, 2.05) is 0 Å². The number of para-hydroxylation sites is 7. The number of hydrogen-bond donors (Lipinski definition) is 0. The first-order chi connectivity index (χ1) is 37.7. The first kappa shape index (κ1) is 42.5. The summed E-state index contributed by atoms with van der Waals surface area (Å²) in [5.74, 6) is 0.264. The Morgan fingerprint density at radius 2 is 0.671 bits per heavy atom. The van der Waals surface area contributed by atoms with E-state index in [4.69, 9.17) is 9.97 Å². The molecule has 0 spiro atoms. The van der Waals surface area contributed by atoms with Gasteiger partial charge in [-0.3, -0.25) is 0 Å². The molecule has 0 saturated carbocycles. The van der Waals surface area contributed by atoms with Crippen molar-refractivity contribution in [2.24, 2.45) is 0 Å². The van der Waals surface area contributed by atoms with E-state index in [0.29, 0.717) is 0 Å². The molecule has 0 bridgehead atoms. The first-order valence-corrected chi connectivity index (χ1v) is 26.2. The van der Waals surface area contributed by atoms with Crippen LogP contribution in [0.2, 0.25) is 0 Å². The second-order valence-corrected chi connectivity index (χ2v) is 20.0. The minimum Gasteiger partial charge on any atom is -0.333 e. The maximum absolute atomic E-state index is 5.62. The maximum atomic E-state index is 5.62. The molecule has 0 fully saturated rings. The fourth-order valence-corrected chi connectivity index (χ4v) is 12.7. The Kier molecular flexibility index (Phi) is 9.36. The Bertz CT molecular complexity index is 4600. The van der Waals surface area contributed by atoms with Crippen LogP contribution in [0.15, 0.2) is 267 Å². The highest BCUT2D eigenvalue weighted by Gasteiger charge is 2.37. The molecular formula is C70H46N6. The molecule has 1 aliphatic heterocycles. The number of fused-ring (bicyclic) bond motifs is 12. The maximum Gasteiger partial charge on any atom is 0.0893 e. The van der Waals surface area contributed by atoms with Gasteiger partial charge in [-0.1, -0.05) is 164 Å². The van der Waals surface area contributed by atoms with Crippen molar-refractivity contribution in [3.63, 3.8) is 0 Å². The second kappa shape index (κ2) is 16.7. The highest BCUT2D eigenvalue weighted by Crippen LogP contribution is 2.49. The zero-order valence-corrected chi connectivity index (χ0v) is 41.2. The Labute approximate surface area is 438 Å². The van der Waals surface area contributed by atoms with Gasteiger partial charge in [0.25, 0.3) is 0 Å². The van der Waals surface area contributed by atoms with Gasteiger partial charge in [-0.25, -0.2) is 9.97 Å². The van der Waals surface area contributed by atoms with Crippen LogP contribution in [0.1, 0.15) is 11.5 Å². The highest BCUT2D eigenvalue weighted by molar-refractivity contribution is 6.12. The van der Waals surface area contributed by atoms with Gasteiger partial charge in [0.15, 0.2) is 0 Å². The third-order valence-corrected chi connectivity index (χ3v) is 16.0. The van der Waals surface area contributed by atoms with Crippen LogP contribution in [0.25, 0.3) is 116 Å². The molecule has 9 aromatic carbocycles. The summed E-state index contributed by atoms with van der Waals surface area (Å²) in [6.45, 7) is 0. The minimum absolute atomic E-state index is 0.154. The molecule has 2 unspecified atom stereocenters. The van der Waals surface area contributed by atoms with E-state index >= 15 is 0 Å². The van der Waals surface area contributed by atoms with Gasteiger partial charge in [0.2, 0.25) is 0 Å². The highest BCUT2D eigenvalue weighted by atomic mass is 15.2. The molecule has 76 heavy (non-hydrogen) atoms. The van der Waals surface area contributed by atoms with Crippen molar-refractivity contribution < 1.29 is 0 Å². The van der Waals surface area contributed by atoms with Crippen LogP contribution in [0.5, 0.6) is 0 Å². The molecule has 6 heterocycles. The lowest BCUT2D eigenvalue weighted by molar-refractivity contribution is 0.745. The molecule has 0 amide bonds. The van der Waals surface area contributed by atoms with Gasteiger partial charge in [0.1, 0.15) is 0 Å². The third kappa shape index (κ3) is 6.34. The monoisotopic (exact) mass is 970 g/mol. The summed E-state index contributed by atoms with van der Waals surface area (Å²) in [7, 11) is 0. The average Bonchev–Trinajstić information content (AvgIpc) is 4.30. The van der Waals surface area contributed by atoms with Crippen LogP contribution in [0.3, 0.4) is 0 Å². The van der Waals surface area contributed by atoms with Gasteiger partial charge < -0.3 is 18.6 Å². The lowest BCUT2D eigenvalue weighted by Crippen LogP contribution is -2.28. The Morgan fingerprint density at radius 3 is 1.16 bits per heavy atom. The van der Waals surface area contributed by atoms with E-state index < -0.39 is 0 Å². The lowest BCUT2D eigenvalue weighted by Gasteiger charge is -2.29. The first-order valence-electron chi connectivity index (χ1n) is 26.2. The topological polar surface area (TPSA) is 43.8 Å². The Balaban J connectivity index is 0.897. The fraction of sp³-hybridized carbons (Fsp3) is 0.0286. The smallest absolute Gasteiger partial charge is 0.0893 e. The van der Waals surface area contributed by atoms with Crippen LogP contribution >= 0.6 is 0 Å². The van der Waals surface area contributed by atoms with Crippen molar-refractivity contribution in [1.29, 1.82) is 0 Å². The number of benzene rings is 9. The molecule has 356 valence electrons. The number of pyridine rings is 2. The van der Waals surface area contributed by atoms with Crippen molar-refractivity contribution >= 4 is 76.8 Å². The zero-order chi connectivity index (χ0) is 49.8. The van der Waals surface area contributed by atoms with Gasteiger partial charge in [-0.2, -0.15) is 0 Å². The average molecular weight is 971 g/mol. The summed E-state index contributed by atoms with van der Waals surface area (Å²) in [6.07, 6.45) is 9.06. The van der Waals surface area contributed by atoms with Crippen LogP contribution in [0.4, 0.5) is 11.4 Å². The number of allylic oxidation sites excluding steroid dienone is 2.